The Bertz CT molecular complexity index is 289. The highest BCUT2D eigenvalue weighted by Gasteiger charge is 2.10. The fourth-order valence-electron chi connectivity index (χ4n) is 1.17. The molecule has 0 heterocycles. The number of benzene rings is 1. The van der Waals surface area contributed by atoms with E-state index in [4.69, 9.17) is 0 Å². The van der Waals surface area contributed by atoms with Crippen LogP contribution in [0.3, 0.4) is 0 Å². The summed E-state index contributed by atoms with van der Waals surface area (Å²) in [6.07, 6.45) is 0. The minimum Gasteiger partial charge on any atom is -0.434 e. The van der Waals surface area contributed by atoms with Crippen LogP contribution in [-0.4, -0.2) is 6.61 Å². The number of rotatable bonds is 2. The highest BCUT2D eigenvalue weighted by molar-refractivity contribution is 9.10. The molecule has 4 heteroatoms. The van der Waals surface area contributed by atoms with Crippen LogP contribution >= 0.6 is 15.9 Å². The first-order valence-corrected chi connectivity index (χ1v) is 4.51. The Morgan fingerprint density at radius 2 is 1.69 bits per heavy atom. The van der Waals surface area contributed by atoms with Crippen LogP contribution in [0.2, 0.25) is 0 Å². The second kappa shape index (κ2) is 4.05. The molecule has 0 unspecified atom stereocenters. The Morgan fingerprint density at radius 1 is 1.23 bits per heavy atom. The zero-order valence-electron chi connectivity index (χ0n) is 7.27. The van der Waals surface area contributed by atoms with Gasteiger partial charge in [-0.2, -0.15) is 8.78 Å². The lowest BCUT2D eigenvalue weighted by Crippen LogP contribution is -2.04. The average Bonchev–Trinajstić information content (AvgIpc) is 1.96. The molecular formula is C9H9BrF2O. The molecule has 0 amide bonds. The quantitative estimate of drug-likeness (QED) is 0.779. The smallest absolute Gasteiger partial charge is 0.387 e. The molecule has 0 atom stereocenters. The van der Waals surface area contributed by atoms with Gasteiger partial charge < -0.3 is 4.74 Å². The van der Waals surface area contributed by atoms with Gasteiger partial charge in [-0.3, -0.25) is 0 Å². The van der Waals surface area contributed by atoms with Crippen molar-refractivity contribution in [3.8, 4) is 5.75 Å². The first-order chi connectivity index (χ1) is 6.00. The predicted octanol–water partition coefficient (Wildman–Crippen LogP) is 3.67. The molecule has 13 heavy (non-hydrogen) atoms. The van der Waals surface area contributed by atoms with E-state index in [1.807, 2.05) is 0 Å². The second-order valence-corrected chi connectivity index (χ2v) is 3.66. The Labute approximate surface area is 83.8 Å². The van der Waals surface area contributed by atoms with Crippen LogP contribution in [0.25, 0.3) is 0 Å². The summed E-state index contributed by atoms with van der Waals surface area (Å²) in [4.78, 5) is 0. The molecule has 1 aromatic rings. The lowest BCUT2D eigenvalue weighted by Gasteiger charge is -2.11. The first kappa shape index (κ1) is 10.4. The van der Waals surface area contributed by atoms with E-state index in [1.165, 1.54) is 0 Å². The molecule has 0 saturated carbocycles. The van der Waals surface area contributed by atoms with Crippen molar-refractivity contribution in [3.63, 3.8) is 0 Å². The molecule has 1 rings (SSSR count). The molecule has 0 aliphatic heterocycles. The summed E-state index contributed by atoms with van der Waals surface area (Å²) in [6.45, 7) is 0.698. The van der Waals surface area contributed by atoms with Crippen molar-refractivity contribution < 1.29 is 13.5 Å². The van der Waals surface area contributed by atoms with Gasteiger partial charge in [0, 0.05) is 4.47 Å². The topological polar surface area (TPSA) is 9.23 Å². The molecule has 0 aliphatic rings. The third kappa shape index (κ3) is 2.66. The van der Waals surface area contributed by atoms with Crippen molar-refractivity contribution in [2.45, 2.75) is 20.5 Å². The Morgan fingerprint density at radius 3 is 2.08 bits per heavy atom. The number of aryl methyl sites for hydroxylation is 2. The van der Waals surface area contributed by atoms with Crippen LogP contribution in [-0.2, 0) is 0 Å². The first-order valence-electron chi connectivity index (χ1n) is 3.72. The lowest BCUT2D eigenvalue weighted by atomic mass is 10.1. The molecule has 0 spiro atoms. The summed E-state index contributed by atoms with van der Waals surface area (Å²) in [5.74, 6) is 0.262. The maximum atomic E-state index is 11.9. The normalized spacial score (nSPS) is 10.6. The molecule has 72 valence electrons. The van der Waals surface area contributed by atoms with Gasteiger partial charge in [0.1, 0.15) is 5.75 Å². The molecule has 0 fully saturated rings. The Hall–Kier alpha value is -0.640. The average molecular weight is 251 g/mol. The van der Waals surface area contributed by atoms with Gasteiger partial charge >= 0.3 is 6.61 Å². The monoisotopic (exact) mass is 250 g/mol. The number of hydrogen-bond acceptors (Lipinski definition) is 1. The molecule has 0 aliphatic carbocycles. The largest absolute Gasteiger partial charge is 0.434 e. The van der Waals surface area contributed by atoms with E-state index in [1.54, 1.807) is 26.0 Å². The van der Waals surface area contributed by atoms with E-state index in [0.29, 0.717) is 11.1 Å². The van der Waals surface area contributed by atoms with Gasteiger partial charge in [-0.05, 0) is 37.1 Å². The van der Waals surface area contributed by atoms with Crippen molar-refractivity contribution in [1.82, 2.24) is 0 Å². The summed E-state index contributed by atoms with van der Waals surface area (Å²) in [6, 6.07) is 3.48. The number of ether oxygens (including phenoxy) is 1. The summed E-state index contributed by atoms with van der Waals surface area (Å²) < 4.78 is 29.1. The van der Waals surface area contributed by atoms with Crippen LogP contribution in [0.5, 0.6) is 5.75 Å². The highest BCUT2D eigenvalue weighted by atomic mass is 79.9. The van der Waals surface area contributed by atoms with E-state index in [-0.39, 0.29) is 5.75 Å². The van der Waals surface area contributed by atoms with E-state index in [0.717, 1.165) is 4.47 Å². The molecule has 0 aromatic heterocycles. The lowest BCUT2D eigenvalue weighted by molar-refractivity contribution is -0.0507. The SMILES string of the molecule is Cc1cc(Br)cc(C)c1OC(F)F. The fraction of sp³-hybridized carbons (Fsp3) is 0.333. The second-order valence-electron chi connectivity index (χ2n) is 2.75. The van der Waals surface area contributed by atoms with Crippen molar-refractivity contribution in [2.24, 2.45) is 0 Å². The molecule has 1 aromatic carbocycles. The predicted molar refractivity (Wildman–Crippen MR) is 50.2 cm³/mol. The summed E-state index contributed by atoms with van der Waals surface area (Å²) in [5, 5.41) is 0. The summed E-state index contributed by atoms with van der Waals surface area (Å²) in [7, 11) is 0. The zero-order valence-corrected chi connectivity index (χ0v) is 8.86. The van der Waals surface area contributed by atoms with Crippen molar-refractivity contribution in [1.29, 1.82) is 0 Å². The van der Waals surface area contributed by atoms with Gasteiger partial charge in [0.05, 0.1) is 0 Å². The maximum Gasteiger partial charge on any atom is 0.387 e. The number of hydrogen-bond donors (Lipinski definition) is 0. The van der Waals surface area contributed by atoms with E-state index in [9.17, 15) is 8.78 Å². The molecule has 0 N–H and O–H groups in total. The van der Waals surface area contributed by atoms with Gasteiger partial charge in [0.2, 0.25) is 0 Å². The number of halogens is 3. The van der Waals surface area contributed by atoms with Crippen molar-refractivity contribution >= 4 is 15.9 Å². The summed E-state index contributed by atoms with van der Waals surface area (Å²) >= 11 is 3.27. The molecule has 0 bridgehead atoms. The molecular weight excluding hydrogens is 242 g/mol. The van der Waals surface area contributed by atoms with Crippen molar-refractivity contribution in [3.05, 3.63) is 27.7 Å². The van der Waals surface area contributed by atoms with Crippen LogP contribution in [0.4, 0.5) is 8.78 Å². The van der Waals surface area contributed by atoms with Gasteiger partial charge in [-0.1, -0.05) is 15.9 Å². The molecule has 0 saturated heterocycles. The molecule has 0 radical (unpaired) electrons. The summed E-state index contributed by atoms with van der Waals surface area (Å²) in [5.41, 5.74) is 1.40. The van der Waals surface area contributed by atoms with Gasteiger partial charge in [-0.25, -0.2) is 0 Å². The van der Waals surface area contributed by atoms with Gasteiger partial charge in [0.25, 0.3) is 0 Å². The standard InChI is InChI=1S/C9H9BrF2O/c1-5-3-7(10)4-6(2)8(5)13-9(11)12/h3-4,9H,1-2H3. The minimum atomic E-state index is -2.77. The van der Waals surface area contributed by atoms with E-state index < -0.39 is 6.61 Å². The van der Waals surface area contributed by atoms with Crippen LogP contribution < -0.4 is 4.74 Å². The third-order valence-electron chi connectivity index (χ3n) is 1.63. The minimum absolute atomic E-state index is 0.262. The Kier molecular flexibility index (Phi) is 3.25. The fourth-order valence-corrected chi connectivity index (χ4v) is 1.86. The van der Waals surface area contributed by atoms with E-state index >= 15 is 0 Å². The van der Waals surface area contributed by atoms with E-state index in [2.05, 4.69) is 20.7 Å². The van der Waals surface area contributed by atoms with Crippen LogP contribution in [0, 0.1) is 13.8 Å². The van der Waals surface area contributed by atoms with Crippen LogP contribution in [0.15, 0.2) is 16.6 Å². The highest BCUT2D eigenvalue weighted by Crippen LogP contribution is 2.28. The zero-order chi connectivity index (χ0) is 10.0. The maximum absolute atomic E-state index is 11.9. The molecule has 1 nitrogen and oxygen atoms in total. The number of alkyl halides is 2. The third-order valence-corrected chi connectivity index (χ3v) is 2.09. The van der Waals surface area contributed by atoms with Crippen LogP contribution in [0.1, 0.15) is 11.1 Å². The Balaban J connectivity index is 3.06. The van der Waals surface area contributed by atoms with Gasteiger partial charge in [0.15, 0.2) is 0 Å². The van der Waals surface area contributed by atoms with Crippen molar-refractivity contribution in [2.75, 3.05) is 0 Å². The van der Waals surface area contributed by atoms with Gasteiger partial charge in [-0.15, -0.1) is 0 Å².